The zero-order valence-electron chi connectivity index (χ0n) is 9.73. The van der Waals surface area contributed by atoms with Crippen molar-refractivity contribution in [1.82, 2.24) is 5.48 Å². The normalized spacial score (nSPS) is 9.94. The molecule has 17 heavy (non-hydrogen) atoms. The molecule has 0 fully saturated rings. The zero-order chi connectivity index (χ0) is 12.7. The van der Waals surface area contributed by atoms with E-state index in [1.807, 2.05) is 31.2 Å². The fourth-order valence-corrected chi connectivity index (χ4v) is 1.36. The van der Waals surface area contributed by atoms with E-state index < -0.39 is 5.91 Å². The molecule has 5 nitrogen and oxygen atoms in total. The molecule has 0 unspecified atom stereocenters. The lowest BCUT2D eigenvalue weighted by Gasteiger charge is -2.04. The van der Waals surface area contributed by atoms with Crippen LogP contribution in [-0.2, 0) is 20.8 Å². The third kappa shape index (κ3) is 5.67. The van der Waals surface area contributed by atoms with Crippen LogP contribution in [0.3, 0.4) is 0 Å². The molecule has 0 spiro atoms. The number of carbonyl (C=O) groups is 2. The van der Waals surface area contributed by atoms with E-state index >= 15 is 0 Å². The van der Waals surface area contributed by atoms with Gasteiger partial charge in [-0.05, 0) is 18.9 Å². The van der Waals surface area contributed by atoms with Crippen molar-refractivity contribution in [3.63, 3.8) is 0 Å². The zero-order valence-corrected chi connectivity index (χ0v) is 9.73. The summed E-state index contributed by atoms with van der Waals surface area (Å²) in [4.78, 5) is 26.2. The predicted octanol–water partition coefficient (Wildman–Crippen LogP) is 0.461. The van der Waals surface area contributed by atoms with Crippen LogP contribution in [0.15, 0.2) is 24.3 Å². The van der Waals surface area contributed by atoms with Crippen molar-refractivity contribution >= 4 is 11.8 Å². The molecule has 0 aromatic heterocycles. The number of amides is 2. The molecule has 0 aliphatic carbocycles. The molecule has 0 radical (unpaired) electrons. The number of nitrogens with two attached hydrogens (primary N) is 1. The number of rotatable bonds is 6. The minimum atomic E-state index is -0.621. The maximum absolute atomic E-state index is 11.3. The highest BCUT2D eigenvalue weighted by molar-refractivity contribution is 5.77. The molecule has 0 saturated carbocycles. The monoisotopic (exact) mass is 236 g/mol. The van der Waals surface area contributed by atoms with Gasteiger partial charge in [-0.1, -0.05) is 29.8 Å². The first-order valence-corrected chi connectivity index (χ1v) is 5.32. The number of primary amides is 1. The van der Waals surface area contributed by atoms with E-state index in [4.69, 9.17) is 5.73 Å². The Balaban J connectivity index is 2.26. The van der Waals surface area contributed by atoms with Crippen molar-refractivity contribution in [2.24, 2.45) is 5.73 Å². The first kappa shape index (κ1) is 13.2. The van der Waals surface area contributed by atoms with Gasteiger partial charge in [0.25, 0.3) is 0 Å². The Bertz CT molecular complexity index is 404. The second-order valence-corrected chi connectivity index (χ2v) is 3.77. The largest absolute Gasteiger partial charge is 0.368 e. The molecule has 0 saturated heterocycles. The lowest BCUT2D eigenvalue weighted by Crippen LogP contribution is -2.29. The molecule has 2 amide bonds. The van der Waals surface area contributed by atoms with Gasteiger partial charge in [0.15, 0.2) is 6.61 Å². The molecule has 0 aliphatic rings. The summed E-state index contributed by atoms with van der Waals surface area (Å²) in [5.74, 6) is -0.892. The van der Waals surface area contributed by atoms with E-state index in [0.29, 0.717) is 12.8 Å². The van der Waals surface area contributed by atoms with Gasteiger partial charge in [0.1, 0.15) is 0 Å². The van der Waals surface area contributed by atoms with E-state index in [1.165, 1.54) is 0 Å². The highest BCUT2D eigenvalue weighted by Gasteiger charge is 2.03. The van der Waals surface area contributed by atoms with Crippen LogP contribution >= 0.6 is 0 Å². The molecule has 0 heterocycles. The van der Waals surface area contributed by atoms with Crippen molar-refractivity contribution in [2.45, 2.75) is 19.8 Å². The van der Waals surface area contributed by atoms with Crippen molar-refractivity contribution in [2.75, 3.05) is 6.61 Å². The Morgan fingerprint density at radius 1 is 1.41 bits per heavy atom. The Kier molecular flexibility index (Phi) is 5.16. The highest BCUT2D eigenvalue weighted by Crippen LogP contribution is 2.06. The summed E-state index contributed by atoms with van der Waals surface area (Å²) >= 11 is 0. The van der Waals surface area contributed by atoms with Crippen LogP contribution in [0.25, 0.3) is 0 Å². The first-order chi connectivity index (χ1) is 8.08. The Morgan fingerprint density at radius 3 is 2.82 bits per heavy atom. The number of hydrogen-bond donors (Lipinski definition) is 2. The highest BCUT2D eigenvalue weighted by atomic mass is 16.7. The van der Waals surface area contributed by atoms with Crippen molar-refractivity contribution < 1.29 is 14.4 Å². The van der Waals surface area contributed by atoms with Gasteiger partial charge in [0.05, 0.1) is 0 Å². The molecule has 1 rings (SSSR count). The van der Waals surface area contributed by atoms with Gasteiger partial charge < -0.3 is 5.73 Å². The van der Waals surface area contributed by atoms with Gasteiger partial charge >= 0.3 is 0 Å². The second kappa shape index (κ2) is 6.65. The number of aryl methyl sites for hydroxylation is 2. The number of benzene rings is 1. The second-order valence-electron chi connectivity index (χ2n) is 3.77. The fraction of sp³-hybridized carbons (Fsp3) is 0.333. The van der Waals surface area contributed by atoms with Gasteiger partial charge in [-0.25, -0.2) is 5.48 Å². The van der Waals surface area contributed by atoms with Crippen molar-refractivity contribution in [3.8, 4) is 0 Å². The van der Waals surface area contributed by atoms with Crippen LogP contribution in [0.5, 0.6) is 0 Å². The molecule has 1 aromatic rings. The average Bonchev–Trinajstić information content (AvgIpc) is 2.26. The van der Waals surface area contributed by atoms with Gasteiger partial charge in [-0.15, -0.1) is 0 Å². The Morgan fingerprint density at radius 2 is 2.18 bits per heavy atom. The molecular formula is C12H16N2O3. The summed E-state index contributed by atoms with van der Waals surface area (Å²) in [5.41, 5.74) is 9.26. The molecule has 92 valence electrons. The Labute approximate surface area is 99.9 Å². The summed E-state index contributed by atoms with van der Waals surface area (Å²) in [6, 6.07) is 7.94. The third-order valence-corrected chi connectivity index (χ3v) is 2.12. The maximum Gasteiger partial charge on any atom is 0.246 e. The standard InChI is InChI=1S/C12H16N2O3/c1-9-3-2-4-10(7-9)5-6-12(16)14-17-8-11(13)15/h2-4,7H,5-6,8H2,1H3,(H2,13,15)(H,14,16). The predicted molar refractivity (Wildman–Crippen MR) is 62.8 cm³/mol. The van der Waals surface area contributed by atoms with E-state index in [1.54, 1.807) is 0 Å². The molecule has 0 aliphatic heterocycles. The quantitative estimate of drug-likeness (QED) is 0.704. The number of carbonyl (C=O) groups excluding carboxylic acids is 2. The summed E-state index contributed by atoms with van der Waals surface area (Å²) in [6.45, 7) is 1.69. The number of hydroxylamine groups is 1. The number of nitrogens with one attached hydrogen (secondary N) is 1. The van der Waals surface area contributed by atoms with E-state index in [-0.39, 0.29) is 12.5 Å². The van der Waals surface area contributed by atoms with E-state index in [9.17, 15) is 9.59 Å². The number of hydrogen-bond acceptors (Lipinski definition) is 3. The van der Waals surface area contributed by atoms with Crippen LogP contribution < -0.4 is 11.2 Å². The van der Waals surface area contributed by atoms with Crippen LogP contribution in [0.1, 0.15) is 17.5 Å². The smallest absolute Gasteiger partial charge is 0.246 e. The third-order valence-electron chi connectivity index (χ3n) is 2.12. The molecule has 5 heteroatoms. The summed E-state index contributed by atoms with van der Waals surface area (Å²) in [7, 11) is 0. The SMILES string of the molecule is Cc1cccc(CCC(=O)NOCC(N)=O)c1. The van der Waals surface area contributed by atoms with Gasteiger partial charge in [0, 0.05) is 6.42 Å². The van der Waals surface area contributed by atoms with Crippen LogP contribution in [0, 0.1) is 6.92 Å². The topological polar surface area (TPSA) is 81.4 Å². The first-order valence-electron chi connectivity index (χ1n) is 5.32. The van der Waals surface area contributed by atoms with Crippen LogP contribution in [-0.4, -0.2) is 18.4 Å². The van der Waals surface area contributed by atoms with Crippen molar-refractivity contribution in [1.29, 1.82) is 0 Å². The van der Waals surface area contributed by atoms with E-state index in [2.05, 4.69) is 10.3 Å². The van der Waals surface area contributed by atoms with Gasteiger partial charge in [-0.3, -0.25) is 14.4 Å². The lowest BCUT2D eigenvalue weighted by atomic mass is 10.1. The van der Waals surface area contributed by atoms with Gasteiger partial charge in [0.2, 0.25) is 11.8 Å². The summed E-state index contributed by atoms with van der Waals surface area (Å²) in [6.07, 6.45) is 0.940. The fourth-order valence-electron chi connectivity index (χ4n) is 1.36. The van der Waals surface area contributed by atoms with E-state index in [0.717, 1.165) is 11.1 Å². The van der Waals surface area contributed by atoms with Gasteiger partial charge in [-0.2, -0.15) is 0 Å². The van der Waals surface area contributed by atoms with Crippen molar-refractivity contribution in [3.05, 3.63) is 35.4 Å². The molecule has 0 atom stereocenters. The van der Waals surface area contributed by atoms with Crippen LogP contribution in [0.4, 0.5) is 0 Å². The molecule has 1 aromatic carbocycles. The molecular weight excluding hydrogens is 220 g/mol. The molecule has 3 N–H and O–H groups in total. The minimum absolute atomic E-state index is 0.271. The summed E-state index contributed by atoms with van der Waals surface area (Å²) < 4.78 is 0. The minimum Gasteiger partial charge on any atom is -0.368 e. The average molecular weight is 236 g/mol. The maximum atomic E-state index is 11.3. The van der Waals surface area contributed by atoms with Crippen LogP contribution in [0.2, 0.25) is 0 Å². The molecule has 0 bridgehead atoms. The summed E-state index contributed by atoms with van der Waals surface area (Å²) in [5, 5.41) is 0. The Hall–Kier alpha value is -1.88. The lowest BCUT2D eigenvalue weighted by molar-refractivity contribution is -0.137.